The molecule has 116 valence electrons. The predicted molar refractivity (Wildman–Crippen MR) is 84.2 cm³/mol. The van der Waals surface area contributed by atoms with Crippen molar-refractivity contribution in [2.75, 3.05) is 6.54 Å². The normalized spacial score (nSPS) is 18.3. The molecule has 1 aromatic carbocycles. The van der Waals surface area contributed by atoms with Crippen LogP contribution in [0.2, 0.25) is 0 Å². The lowest BCUT2D eigenvalue weighted by Crippen LogP contribution is -2.22. The fraction of sp³-hybridized carbons (Fsp3) is 0.294. The number of likely N-dealkylation sites (tertiary alicyclic amines) is 1. The second-order valence-corrected chi connectivity index (χ2v) is 5.66. The van der Waals surface area contributed by atoms with Crippen molar-refractivity contribution in [2.24, 2.45) is 0 Å². The molecule has 23 heavy (non-hydrogen) atoms. The molecule has 0 spiro atoms. The number of hydrogen-bond donors (Lipinski definition) is 0. The summed E-state index contributed by atoms with van der Waals surface area (Å²) in [6.07, 6.45) is 7.08. The molecule has 1 unspecified atom stereocenters. The Labute approximate surface area is 134 Å². The van der Waals surface area contributed by atoms with Crippen LogP contribution in [0, 0.1) is 0 Å². The highest BCUT2D eigenvalue weighted by Gasteiger charge is 2.30. The number of nitrogens with zero attached hydrogens (tertiary/aromatic N) is 5. The van der Waals surface area contributed by atoms with Gasteiger partial charge in [-0.2, -0.15) is 4.98 Å². The van der Waals surface area contributed by atoms with Crippen LogP contribution < -0.4 is 0 Å². The van der Waals surface area contributed by atoms with Crippen LogP contribution in [-0.4, -0.2) is 31.6 Å². The Morgan fingerprint density at radius 3 is 2.91 bits per heavy atom. The summed E-state index contributed by atoms with van der Waals surface area (Å²) in [6, 6.07) is 10.6. The minimum Gasteiger partial charge on any atom is -0.337 e. The number of rotatable bonds is 4. The Morgan fingerprint density at radius 1 is 1.17 bits per heavy atom. The zero-order valence-electron chi connectivity index (χ0n) is 12.7. The first-order valence-electron chi connectivity index (χ1n) is 7.78. The van der Waals surface area contributed by atoms with E-state index in [0.717, 1.165) is 25.9 Å². The Balaban J connectivity index is 1.54. The third-order valence-corrected chi connectivity index (χ3v) is 4.11. The van der Waals surface area contributed by atoms with Gasteiger partial charge in [-0.1, -0.05) is 35.5 Å². The first-order chi connectivity index (χ1) is 11.4. The first kappa shape index (κ1) is 14.0. The van der Waals surface area contributed by atoms with E-state index in [-0.39, 0.29) is 6.04 Å². The average molecular weight is 307 g/mol. The second-order valence-electron chi connectivity index (χ2n) is 5.66. The molecule has 6 nitrogen and oxygen atoms in total. The molecule has 3 aromatic rings. The van der Waals surface area contributed by atoms with Crippen molar-refractivity contribution in [2.45, 2.75) is 25.4 Å². The molecule has 1 fully saturated rings. The van der Waals surface area contributed by atoms with E-state index in [2.05, 4.69) is 49.3 Å². The SMILES string of the molecule is c1ccc(CN2CCCC2c2nc(-c3cnccn3)no2)cc1. The van der Waals surface area contributed by atoms with Crippen molar-refractivity contribution in [3.05, 3.63) is 60.4 Å². The smallest absolute Gasteiger partial charge is 0.244 e. The lowest BCUT2D eigenvalue weighted by Gasteiger charge is -2.21. The summed E-state index contributed by atoms with van der Waals surface area (Å²) in [4.78, 5) is 15.2. The summed E-state index contributed by atoms with van der Waals surface area (Å²) in [5.74, 6) is 1.17. The summed E-state index contributed by atoms with van der Waals surface area (Å²) in [5.41, 5.74) is 1.93. The highest BCUT2D eigenvalue weighted by molar-refractivity contribution is 5.45. The topological polar surface area (TPSA) is 67.9 Å². The van der Waals surface area contributed by atoms with Crippen LogP contribution in [0.5, 0.6) is 0 Å². The molecule has 0 N–H and O–H groups in total. The molecule has 0 radical (unpaired) electrons. The van der Waals surface area contributed by atoms with E-state index in [0.29, 0.717) is 17.4 Å². The maximum absolute atomic E-state index is 5.50. The molecule has 0 aliphatic carbocycles. The van der Waals surface area contributed by atoms with Gasteiger partial charge in [0, 0.05) is 18.9 Å². The molecule has 2 aromatic heterocycles. The Bertz CT molecular complexity index is 759. The van der Waals surface area contributed by atoms with Crippen LogP contribution in [-0.2, 0) is 6.54 Å². The minimum atomic E-state index is 0.174. The number of aromatic nitrogens is 4. The van der Waals surface area contributed by atoms with Crippen LogP contribution in [0.3, 0.4) is 0 Å². The molecule has 0 bridgehead atoms. The molecule has 1 aliphatic rings. The molecule has 0 saturated carbocycles. The van der Waals surface area contributed by atoms with Gasteiger partial charge in [-0.3, -0.25) is 9.88 Å². The van der Waals surface area contributed by atoms with Crippen molar-refractivity contribution in [3.63, 3.8) is 0 Å². The lowest BCUT2D eigenvalue weighted by atomic mass is 10.2. The van der Waals surface area contributed by atoms with E-state index in [1.807, 2.05) is 6.07 Å². The third kappa shape index (κ3) is 2.98. The largest absolute Gasteiger partial charge is 0.337 e. The summed E-state index contributed by atoms with van der Waals surface area (Å²) in [5, 5.41) is 4.06. The van der Waals surface area contributed by atoms with Crippen molar-refractivity contribution >= 4 is 0 Å². The van der Waals surface area contributed by atoms with Crippen LogP contribution in [0.1, 0.15) is 30.3 Å². The van der Waals surface area contributed by atoms with Gasteiger partial charge >= 0.3 is 0 Å². The zero-order chi connectivity index (χ0) is 15.5. The zero-order valence-corrected chi connectivity index (χ0v) is 12.7. The molecule has 1 atom stereocenters. The molecule has 6 heteroatoms. The van der Waals surface area contributed by atoms with E-state index < -0.39 is 0 Å². The van der Waals surface area contributed by atoms with E-state index >= 15 is 0 Å². The van der Waals surface area contributed by atoms with Gasteiger partial charge in [0.1, 0.15) is 5.69 Å². The summed E-state index contributed by atoms with van der Waals surface area (Å²) < 4.78 is 5.50. The molecular weight excluding hydrogens is 290 g/mol. The predicted octanol–water partition coefficient (Wildman–Crippen LogP) is 2.86. The molecule has 0 amide bonds. The van der Waals surface area contributed by atoms with E-state index in [1.165, 1.54) is 5.56 Å². The van der Waals surface area contributed by atoms with Crippen LogP contribution in [0.4, 0.5) is 0 Å². The van der Waals surface area contributed by atoms with Gasteiger partial charge in [0.2, 0.25) is 11.7 Å². The summed E-state index contributed by atoms with van der Waals surface area (Å²) in [6.45, 7) is 1.94. The Morgan fingerprint density at radius 2 is 2.09 bits per heavy atom. The second kappa shape index (κ2) is 6.26. The maximum atomic E-state index is 5.50. The minimum absolute atomic E-state index is 0.174. The van der Waals surface area contributed by atoms with Gasteiger partial charge < -0.3 is 4.52 Å². The van der Waals surface area contributed by atoms with E-state index in [9.17, 15) is 0 Å². The van der Waals surface area contributed by atoms with Crippen LogP contribution in [0.25, 0.3) is 11.5 Å². The van der Waals surface area contributed by atoms with Crippen LogP contribution in [0.15, 0.2) is 53.4 Å². The van der Waals surface area contributed by atoms with Crippen molar-refractivity contribution in [1.29, 1.82) is 0 Å². The Hall–Kier alpha value is -2.60. The maximum Gasteiger partial charge on any atom is 0.244 e. The van der Waals surface area contributed by atoms with E-state index in [1.54, 1.807) is 18.6 Å². The molecule has 3 heterocycles. The molecular formula is C17H17N5O. The monoisotopic (exact) mass is 307 g/mol. The van der Waals surface area contributed by atoms with Gasteiger partial charge in [-0.15, -0.1) is 0 Å². The number of benzene rings is 1. The first-order valence-corrected chi connectivity index (χ1v) is 7.78. The van der Waals surface area contributed by atoms with Gasteiger partial charge in [0.15, 0.2) is 0 Å². The fourth-order valence-corrected chi connectivity index (χ4v) is 3.00. The van der Waals surface area contributed by atoms with E-state index in [4.69, 9.17) is 4.52 Å². The standard InChI is InChI=1S/C17H17N5O/c1-2-5-13(6-3-1)12-22-10-4-7-15(22)17-20-16(21-23-17)14-11-18-8-9-19-14/h1-3,5-6,8-9,11,15H,4,7,10,12H2. The van der Waals surface area contributed by atoms with Crippen molar-refractivity contribution < 1.29 is 4.52 Å². The van der Waals surface area contributed by atoms with Gasteiger partial charge in [-0.25, -0.2) is 4.98 Å². The molecule has 4 rings (SSSR count). The molecule has 1 saturated heterocycles. The number of hydrogen-bond acceptors (Lipinski definition) is 6. The van der Waals surface area contributed by atoms with Gasteiger partial charge in [0.05, 0.1) is 12.2 Å². The quantitative estimate of drug-likeness (QED) is 0.738. The van der Waals surface area contributed by atoms with Crippen LogP contribution >= 0.6 is 0 Å². The third-order valence-electron chi connectivity index (χ3n) is 4.11. The Kier molecular flexibility index (Phi) is 3.81. The lowest BCUT2D eigenvalue weighted by molar-refractivity contribution is 0.201. The summed E-state index contributed by atoms with van der Waals surface area (Å²) in [7, 11) is 0. The van der Waals surface area contributed by atoms with Crippen molar-refractivity contribution in [3.8, 4) is 11.5 Å². The fourth-order valence-electron chi connectivity index (χ4n) is 3.00. The van der Waals surface area contributed by atoms with Gasteiger partial charge in [-0.05, 0) is 24.9 Å². The average Bonchev–Trinajstić information content (AvgIpc) is 3.25. The highest BCUT2D eigenvalue weighted by Crippen LogP contribution is 2.32. The molecule has 1 aliphatic heterocycles. The highest BCUT2D eigenvalue weighted by atomic mass is 16.5. The van der Waals surface area contributed by atoms with Crippen molar-refractivity contribution in [1.82, 2.24) is 25.0 Å². The van der Waals surface area contributed by atoms with Gasteiger partial charge in [0.25, 0.3) is 0 Å². The summed E-state index contributed by atoms with van der Waals surface area (Å²) >= 11 is 0.